The molecule has 0 heterocycles. The molecule has 0 unspecified atom stereocenters. The Morgan fingerprint density at radius 1 is 1.24 bits per heavy atom. The van der Waals surface area contributed by atoms with E-state index >= 15 is 0 Å². The topological polar surface area (TPSA) is 48.3 Å². The Morgan fingerprint density at radius 2 is 1.90 bits per heavy atom. The number of nitrogens with one attached hydrogen (secondary N) is 1. The van der Waals surface area contributed by atoms with Gasteiger partial charge in [0.1, 0.15) is 12.4 Å². The molecule has 0 atom stereocenters. The molecule has 1 fully saturated rings. The van der Waals surface area contributed by atoms with Crippen molar-refractivity contribution in [3.63, 3.8) is 0 Å². The van der Waals surface area contributed by atoms with Crippen molar-refractivity contribution in [3.05, 3.63) is 29.8 Å². The lowest BCUT2D eigenvalue weighted by Gasteiger charge is -2.34. The fourth-order valence-electron chi connectivity index (χ4n) is 2.92. The van der Waals surface area contributed by atoms with Crippen LogP contribution in [0.3, 0.4) is 0 Å². The molecule has 4 nitrogen and oxygen atoms in total. The molecule has 1 aromatic carbocycles. The molecular formula is C17H25N3O. The summed E-state index contributed by atoms with van der Waals surface area (Å²) in [6.45, 7) is 1.63. The number of benzene rings is 1. The molecule has 0 radical (unpaired) electrons. The van der Waals surface area contributed by atoms with E-state index in [1.54, 1.807) is 12.1 Å². The zero-order valence-corrected chi connectivity index (χ0v) is 13.0. The second-order valence-corrected chi connectivity index (χ2v) is 5.76. The number of nitriles is 1. The van der Waals surface area contributed by atoms with Crippen LogP contribution in [0.2, 0.25) is 0 Å². The molecule has 0 aromatic heterocycles. The maximum atomic E-state index is 8.76. The Labute approximate surface area is 127 Å². The first-order chi connectivity index (χ1) is 10.2. The lowest BCUT2D eigenvalue weighted by molar-refractivity contribution is 0.150. The van der Waals surface area contributed by atoms with Crippen LogP contribution in [0.25, 0.3) is 0 Å². The third-order valence-electron chi connectivity index (χ3n) is 4.42. The van der Waals surface area contributed by atoms with E-state index in [2.05, 4.69) is 30.4 Å². The van der Waals surface area contributed by atoms with Crippen LogP contribution in [-0.2, 0) is 0 Å². The number of likely N-dealkylation sites (N-methyl/N-ethyl adjacent to an activating group) is 1. The number of nitrogens with zero attached hydrogens (tertiary/aromatic N) is 2. The molecule has 1 aliphatic carbocycles. The summed E-state index contributed by atoms with van der Waals surface area (Å²) in [6.07, 6.45) is 5.06. The van der Waals surface area contributed by atoms with Crippen LogP contribution in [0.5, 0.6) is 5.75 Å². The maximum absolute atomic E-state index is 8.76. The van der Waals surface area contributed by atoms with Gasteiger partial charge in [0.15, 0.2) is 0 Å². The molecular weight excluding hydrogens is 262 g/mol. The highest BCUT2D eigenvalue weighted by molar-refractivity contribution is 5.34. The summed E-state index contributed by atoms with van der Waals surface area (Å²) in [5.41, 5.74) is 0.667. The largest absolute Gasteiger partial charge is 0.492 e. The van der Waals surface area contributed by atoms with Gasteiger partial charge in [-0.3, -0.25) is 0 Å². The zero-order chi connectivity index (χ0) is 15.1. The highest BCUT2D eigenvalue weighted by Gasteiger charge is 2.22. The standard InChI is InChI=1S/C17H25N3O/c1-19-15-5-7-16(8-6-15)20(2)11-12-21-17-9-3-14(13-18)4-10-17/h3-4,9-10,15-16,19H,5-8,11-12H2,1-2H3. The lowest BCUT2D eigenvalue weighted by Crippen LogP contribution is -2.41. The number of hydrogen-bond acceptors (Lipinski definition) is 4. The van der Waals surface area contributed by atoms with E-state index in [4.69, 9.17) is 10.00 Å². The minimum Gasteiger partial charge on any atom is -0.492 e. The van der Waals surface area contributed by atoms with Gasteiger partial charge in [-0.2, -0.15) is 5.26 Å². The number of rotatable bonds is 6. The Morgan fingerprint density at radius 3 is 2.48 bits per heavy atom. The molecule has 21 heavy (non-hydrogen) atoms. The van der Waals surface area contributed by atoms with Crippen LogP contribution >= 0.6 is 0 Å². The molecule has 0 aliphatic heterocycles. The first kappa shape index (κ1) is 15.8. The van der Waals surface area contributed by atoms with Gasteiger partial charge in [0.25, 0.3) is 0 Å². The number of hydrogen-bond donors (Lipinski definition) is 1. The Kier molecular flexibility index (Phi) is 6.04. The highest BCUT2D eigenvalue weighted by atomic mass is 16.5. The molecule has 1 aromatic rings. The molecule has 4 heteroatoms. The first-order valence-corrected chi connectivity index (χ1v) is 7.73. The third-order valence-corrected chi connectivity index (χ3v) is 4.42. The Hall–Kier alpha value is -1.57. The predicted molar refractivity (Wildman–Crippen MR) is 84.4 cm³/mol. The molecule has 1 N–H and O–H groups in total. The van der Waals surface area contributed by atoms with E-state index in [-0.39, 0.29) is 0 Å². The van der Waals surface area contributed by atoms with Crippen LogP contribution in [0, 0.1) is 11.3 Å². The van der Waals surface area contributed by atoms with Gasteiger partial charge in [-0.15, -0.1) is 0 Å². The van der Waals surface area contributed by atoms with Crippen LogP contribution in [0.1, 0.15) is 31.2 Å². The van der Waals surface area contributed by atoms with Gasteiger partial charge in [-0.25, -0.2) is 0 Å². The summed E-state index contributed by atoms with van der Waals surface area (Å²) in [6, 6.07) is 10.8. The van der Waals surface area contributed by atoms with Gasteiger partial charge in [0.2, 0.25) is 0 Å². The third kappa shape index (κ3) is 4.73. The van der Waals surface area contributed by atoms with Gasteiger partial charge < -0.3 is 15.0 Å². The average molecular weight is 287 g/mol. The maximum Gasteiger partial charge on any atom is 0.119 e. The zero-order valence-electron chi connectivity index (χ0n) is 13.0. The van der Waals surface area contributed by atoms with Crippen molar-refractivity contribution in [2.45, 2.75) is 37.8 Å². The van der Waals surface area contributed by atoms with E-state index < -0.39 is 0 Å². The monoisotopic (exact) mass is 287 g/mol. The van der Waals surface area contributed by atoms with Crippen LogP contribution in [-0.4, -0.2) is 44.2 Å². The first-order valence-electron chi connectivity index (χ1n) is 7.73. The molecule has 114 valence electrons. The SMILES string of the molecule is CNC1CCC(N(C)CCOc2ccc(C#N)cc2)CC1. The van der Waals surface area contributed by atoms with Crippen molar-refractivity contribution < 1.29 is 4.74 Å². The minimum atomic E-state index is 0.667. The molecule has 0 spiro atoms. The van der Waals surface area contributed by atoms with Crippen molar-refractivity contribution in [1.29, 1.82) is 5.26 Å². The predicted octanol–water partition coefficient (Wildman–Crippen LogP) is 2.40. The summed E-state index contributed by atoms with van der Waals surface area (Å²) in [4.78, 5) is 2.41. The van der Waals surface area contributed by atoms with E-state index in [0.29, 0.717) is 24.3 Å². The van der Waals surface area contributed by atoms with Crippen molar-refractivity contribution in [2.24, 2.45) is 0 Å². The van der Waals surface area contributed by atoms with Gasteiger partial charge in [-0.1, -0.05) is 0 Å². The summed E-state index contributed by atoms with van der Waals surface area (Å²) >= 11 is 0. The summed E-state index contributed by atoms with van der Waals surface area (Å²) < 4.78 is 5.75. The smallest absolute Gasteiger partial charge is 0.119 e. The summed E-state index contributed by atoms with van der Waals surface area (Å²) in [5, 5.41) is 12.1. The highest BCUT2D eigenvalue weighted by Crippen LogP contribution is 2.22. The van der Waals surface area contributed by atoms with Crippen molar-refractivity contribution in [2.75, 3.05) is 27.2 Å². The Balaban J connectivity index is 1.69. The molecule has 1 aliphatic rings. The molecule has 2 rings (SSSR count). The molecule has 0 saturated heterocycles. The van der Waals surface area contributed by atoms with Crippen LogP contribution in [0.15, 0.2) is 24.3 Å². The average Bonchev–Trinajstić information content (AvgIpc) is 2.55. The van der Waals surface area contributed by atoms with Gasteiger partial charge in [-0.05, 0) is 64.0 Å². The lowest BCUT2D eigenvalue weighted by atomic mass is 9.90. The normalized spacial score (nSPS) is 22.0. The van der Waals surface area contributed by atoms with Gasteiger partial charge >= 0.3 is 0 Å². The van der Waals surface area contributed by atoms with Crippen LogP contribution < -0.4 is 10.1 Å². The fourth-order valence-corrected chi connectivity index (χ4v) is 2.92. The van der Waals surface area contributed by atoms with Crippen molar-refractivity contribution >= 4 is 0 Å². The van der Waals surface area contributed by atoms with Crippen molar-refractivity contribution in [1.82, 2.24) is 10.2 Å². The summed E-state index contributed by atoms with van der Waals surface area (Å²) in [5.74, 6) is 0.835. The second kappa shape index (κ2) is 8.02. The Bertz CT molecular complexity index is 458. The molecule has 1 saturated carbocycles. The fraction of sp³-hybridized carbons (Fsp3) is 0.588. The summed E-state index contributed by atoms with van der Waals surface area (Å²) in [7, 11) is 4.24. The molecule has 0 amide bonds. The van der Waals surface area contributed by atoms with Gasteiger partial charge in [0, 0.05) is 18.6 Å². The second-order valence-electron chi connectivity index (χ2n) is 5.76. The van der Waals surface area contributed by atoms with E-state index in [0.717, 1.165) is 12.3 Å². The quantitative estimate of drug-likeness (QED) is 0.873. The van der Waals surface area contributed by atoms with Gasteiger partial charge in [0.05, 0.1) is 11.6 Å². The minimum absolute atomic E-state index is 0.667. The van der Waals surface area contributed by atoms with E-state index in [1.807, 2.05) is 12.1 Å². The van der Waals surface area contributed by atoms with E-state index in [9.17, 15) is 0 Å². The van der Waals surface area contributed by atoms with Crippen molar-refractivity contribution in [3.8, 4) is 11.8 Å². The van der Waals surface area contributed by atoms with Crippen LogP contribution in [0.4, 0.5) is 0 Å². The molecule has 0 bridgehead atoms. The van der Waals surface area contributed by atoms with E-state index in [1.165, 1.54) is 25.7 Å². The number of ether oxygens (including phenoxy) is 1.